The third kappa shape index (κ3) is 4.92. The fourth-order valence-electron chi connectivity index (χ4n) is 8.56. The Morgan fingerprint density at radius 1 is 0.364 bits per heavy atom. The molecule has 0 fully saturated rings. The van der Waals surface area contributed by atoms with Crippen molar-refractivity contribution in [2.45, 2.75) is 5.41 Å². The normalized spacial score (nSPS) is 13.2. The highest BCUT2D eigenvalue weighted by Gasteiger charge is 2.47. The van der Waals surface area contributed by atoms with Gasteiger partial charge in [0.2, 0.25) is 0 Å². The topological polar surface area (TPSA) is 44.2 Å². The monoisotopic (exact) mass is 704 g/mol. The first-order chi connectivity index (χ1) is 27.2. The van der Waals surface area contributed by atoms with Crippen LogP contribution < -0.4 is 9.47 Å². The molecule has 9 aromatic rings. The van der Waals surface area contributed by atoms with Crippen molar-refractivity contribution in [2.75, 3.05) is 0 Å². The first kappa shape index (κ1) is 31.2. The zero-order valence-corrected chi connectivity index (χ0v) is 29.7. The highest BCUT2D eigenvalue weighted by molar-refractivity contribution is 5.94. The van der Waals surface area contributed by atoms with Gasteiger partial charge in [-0.05, 0) is 80.9 Å². The van der Waals surface area contributed by atoms with E-state index in [-0.39, 0.29) is 0 Å². The quantitative estimate of drug-likeness (QED) is 0.179. The number of ether oxygens (including phenoxy) is 2. The molecular weight excluding hydrogens is 673 g/mol. The summed E-state index contributed by atoms with van der Waals surface area (Å²) >= 11 is 0. The molecule has 0 atom stereocenters. The first-order valence-electron chi connectivity index (χ1n) is 18.6. The van der Waals surface area contributed by atoms with Gasteiger partial charge in [-0.2, -0.15) is 0 Å². The van der Waals surface area contributed by atoms with Crippen LogP contribution in [-0.2, 0) is 5.41 Å². The smallest absolute Gasteiger partial charge is 0.170 e. The van der Waals surface area contributed by atoms with Crippen molar-refractivity contribution in [3.8, 4) is 67.9 Å². The minimum Gasteiger partial charge on any atom is -0.450 e. The van der Waals surface area contributed by atoms with E-state index in [1.807, 2.05) is 54.6 Å². The van der Waals surface area contributed by atoms with E-state index in [2.05, 4.69) is 140 Å². The Morgan fingerprint density at radius 2 is 0.964 bits per heavy atom. The first-order valence-corrected chi connectivity index (χ1v) is 18.6. The van der Waals surface area contributed by atoms with Crippen LogP contribution in [0.3, 0.4) is 0 Å². The van der Waals surface area contributed by atoms with Crippen LogP contribution in [0.15, 0.2) is 194 Å². The van der Waals surface area contributed by atoms with E-state index in [1.54, 1.807) is 0 Å². The van der Waals surface area contributed by atoms with Crippen molar-refractivity contribution in [1.29, 1.82) is 0 Å². The van der Waals surface area contributed by atoms with E-state index in [0.29, 0.717) is 28.8 Å². The number of rotatable bonds is 5. The summed E-state index contributed by atoms with van der Waals surface area (Å²) in [6.45, 7) is 0. The maximum Gasteiger partial charge on any atom is 0.170 e. The summed E-state index contributed by atoms with van der Waals surface area (Å²) in [6, 6.07) is 67.7. The molecule has 2 aliphatic rings. The summed E-state index contributed by atoms with van der Waals surface area (Å²) in [5.41, 5.74) is 12.6. The highest BCUT2D eigenvalue weighted by atomic mass is 16.6. The molecule has 0 saturated carbocycles. The molecule has 0 unspecified atom stereocenters. The van der Waals surface area contributed by atoms with E-state index >= 15 is 0 Å². The van der Waals surface area contributed by atoms with Gasteiger partial charge >= 0.3 is 0 Å². The molecule has 4 nitrogen and oxygen atoms in total. The summed E-state index contributed by atoms with van der Waals surface area (Å²) in [4.78, 5) is 10.0. The van der Waals surface area contributed by atoms with Gasteiger partial charge in [-0.3, -0.25) is 0 Å². The molecule has 258 valence electrons. The van der Waals surface area contributed by atoms with Crippen molar-refractivity contribution < 1.29 is 9.47 Å². The lowest BCUT2D eigenvalue weighted by Gasteiger charge is -2.34. The van der Waals surface area contributed by atoms with Crippen LogP contribution >= 0.6 is 0 Å². The summed E-state index contributed by atoms with van der Waals surface area (Å²) in [5.74, 6) is 3.47. The lowest BCUT2D eigenvalue weighted by molar-refractivity contribution is 0.359. The fourth-order valence-corrected chi connectivity index (χ4v) is 8.56. The van der Waals surface area contributed by atoms with Crippen LogP contribution in [0.4, 0.5) is 0 Å². The summed E-state index contributed by atoms with van der Waals surface area (Å²) < 4.78 is 13.5. The lowest BCUT2D eigenvalue weighted by atomic mass is 9.67. The number of para-hydroxylation sites is 1. The number of benzene rings is 8. The van der Waals surface area contributed by atoms with E-state index < -0.39 is 5.41 Å². The number of hydrogen-bond acceptors (Lipinski definition) is 4. The molecular formula is C51H32N2O2. The van der Waals surface area contributed by atoms with Crippen LogP contribution in [0.2, 0.25) is 0 Å². The van der Waals surface area contributed by atoms with Gasteiger partial charge < -0.3 is 9.47 Å². The van der Waals surface area contributed by atoms with E-state index in [9.17, 15) is 0 Å². The second-order valence-electron chi connectivity index (χ2n) is 14.1. The largest absolute Gasteiger partial charge is 0.450 e. The van der Waals surface area contributed by atoms with Crippen LogP contribution in [0.1, 0.15) is 22.3 Å². The zero-order valence-electron chi connectivity index (χ0n) is 29.7. The number of hydrogen-bond donors (Lipinski definition) is 0. The number of aromatic nitrogens is 2. The van der Waals surface area contributed by atoms with Crippen LogP contribution in [-0.4, -0.2) is 9.97 Å². The van der Waals surface area contributed by atoms with Crippen LogP contribution in [0.5, 0.6) is 23.0 Å². The molecule has 0 spiro atoms. The molecule has 55 heavy (non-hydrogen) atoms. The van der Waals surface area contributed by atoms with Gasteiger partial charge in [0, 0.05) is 16.5 Å². The Balaban J connectivity index is 0.999. The average Bonchev–Trinajstić information content (AvgIpc) is 3.55. The molecule has 0 amide bonds. The molecule has 0 saturated heterocycles. The molecule has 11 rings (SSSR count). The predicted molar refractivity (Wildman–Crippen MR) is 220 cm³/mol. The fraction of sp³-hybridized carbons (Fsp3) is 0.0196. The molecule has 4 heteroatoms. The molecule has 0 bridgehead atoms. The van der Waals surface area contributed by atoms with Crippen molar-refractivity contribution in [2.24, 2.45) is 0 Å². The van der Waals surface area contributed by atoms with Crippen molar-refractivity contribution in [3.63, 3.8) is 0 Å². The van der Waals surface area contributed by atoms with Crippen molar-refractivity contribution >= 4 is 10.9 Å². The van der Waals surface area contributed by atoms with Gasteiger partial charge in [0.15, 0.2) is 28.8 Å². The molecule has 1 aromatic heterocycles. The maximum absolute atomic E-state index is 6.75. The van der Waals surface area contributed by atoms with Gasteiger partial charge in [-0.25, -0.2) is 9.97 Å². The van der Waals surface area contributed by atoms with Gasteiger partial charge in [-0.1, -0.05) is 158 Å². The Morgan fingerprint density at radius 3 is 1.76 bits per heavy atom. The van der Waals surface area contributed by atoms with Gasteiger partial charge in [0.25, 0.3) is 0 Å². The average molecular weight is 705 g/mol. The van der Waals surface area contributed by atoms with Gasteiger partial charge in [0.1, 0.15) is 0 Å². The Labute approximate surface area is 319 Å². The van der Waals surface area contributed by atoms with Crippen LogP contribution in [0, 0.1) is 0 Å². The Hall–Kier alpha value is -7.30. The zero-order chi connectivity index (χ0) is 36.3. The third-order valence-electron chi connectivity index (χ3n) is 11.0. The third-order valence-corrected chi connectivity index (χ3v) is 11.0. The Kier molecular flexibility index (Phi) is 7.04. The van der Waals surface area contributed by atoms with Crippen molar-refractivity contribution in [3.05, 3.63) is 216 Å². The van der Waals surface area contributed by atoms with Gasteiger partial charge in [0.05, 0.1) is 16.6 Å². The SMILES string of the molecule is c1ccc(-c2nc(-c3cccc(-c4ccc5c(c4)Oc4cc6c(cc4O5)C(c4ccccc4)(c4ccccc4)c4ccccc4-6)c3)c3ccccc3n2)cc1. The van der Waals surface area contributed by atoms with E-state index in [0.717, 1.165) is 44.4 Å². The molecule has 1 aliphatic carbocycles. The molecule has 0 N–H and O–H groups in total. The minimum atomic E-state index is -0.515. The second-order valence-corrected chi connectivity index (χ2v) is 14.1. The molecule has 1 aliphatic heterocycles. The summed E-state index contributed by atoms with van der Waals surface area (Å²) in [7, 11) is 0. The standard InChI is InChI=1S/C51H32N2O2/c1-4-15-33(16-5-1)50-52-44-26-13-11-24-40(44)49(53-50)36-18-14-17-34(29-36)35-27-28-45-46(30-35)55-47-31-41-39-23-10-12-25-42(39)51(37-19-6-2-7-20-37,38-21-8-3-9-22-38)43(41)32-48(47)54-45/h1-32H. The van der Waals surface area contributed by atoms with E-state index in [1.165, 1.54) is 27.8 Å². The number of fused-ring (bicyclic) bond motifs is 6. The van der Waals surface area contributed by atoms with Crippen LogP contribution in [0.25, 0.3) is 55.8 Å². The second kappa shape index (κ2) is 12.4. The minimum absolute atomic E-state index is 0.515. The Bertz CT molecular complexity index is 2880. The van der Waals surface area contributed by atoms with Crippen molar-refractivity contribution in [1.82, 2.24) is 9.97 Å². The lowest BCUT2D eigenvalue weighted by Crippen LogP contribution is -2.28. The molecule has 0 radical (unpaired) electrons. The highest BCUT2D eigenvalue weighted by Crippen LogP contribution is 2.59. The van der Waals surface area contributed by atoms with E-state index in [4.69, 9.17) is 19.4 Å². The maximum atomic E-state index is 6.75. The summed E-state index contributed by atoms with van der Waals surface area (Å²) in [5, 5.41) is 1.01. The predicted octanol–water partition coefficient (Wildman–Crippen LogP) is 12.9. The van der Waals surface area contributed by atoms with Gasteiger partial charge in [-0.15, -0.1) is 0 Å². The molecule has 2 heterocycles. The summed E-state index contributed by atoms with van der Waals surface area (Å²) in [6.07, 6.45) is 0. The molecule has 8 aromatic carbocycles. The number of nitrogens with zero attached hydrogens (tertiary/aromatic N) is 2.